The number of rotatable bonds is 4. The Hall–Kier alpha value is -1.20. The molecular weight excluding hydrogens is 285 g/mol. The van der Waals surface area contributed by atoms with Crippen LogP contribution in [0.5, 0.6) is 0 Å². The molecule has 3 nitrogen and oxygen atoms in total. The summed E-state index contributed by atoms with van der Waals surface area (Å²) in [6, 6.07) is 5.13. The molecule has 0 fully saturated rings. The molecular formula is C12H13BrFN3. The predicted molar refractivity (Wildman–Crippen MR) is 67.9 cm³/mol. The van der Waals surface area contributed by atoms with Gasteiger partial charge in [-0.1, -0.05) is 22.0 Å². The maximum Gasteiger partial charge on any atom is 0.128 e. The van der Waals surface area contributed by atoms with Crippen LogP contribution in [-0.2, 0) is 6.54 Å². The van der Waals surface area contributed by atoms with E-state index in [4.69, 9.17) is 0 Å². The molecule has 0 bridgehead atoms. The van der Waals surface area contributed by atoms with Gasteiger partial charge in [-0.05, 0) is 19.1 Å². The third-order valence-electron chi connectivity index (χ3n) is 2.54. The number of nitrogens with zero attached hydrogens (tertiary/aromatic N) is 1. The zero-order chi connectivity index (χ0) is 12.3. The second-order valence-electron chi connectivity index (χ2n) is 3.81. The maximum absolute atomic E-state index is 13.5. The topological polar surface area (TPSA) is 40.7 Å². The number of hydrogen-bond acceptors (Lipinski definition) is 2. The van der Waals surface area contributed by atoms with E-state index in [2.05, 4.69) is 31.2 Å². The van der Waals surface area contributed by atoms with E-state index >= 15 is 0 Å². The monoisotopic (exact) mass is 297 g/mol. The summed E-state index contributed by atoms with van der Waals surface area (Å²) in [4.78, 5) is 7.17. The number of aromatic amines is 1. The summed E-state index contributed by atoms with van der Waals surface area (Å²) < 4.78 is 14.3. The van der Waals surface area contributed by atoms with Crippen LogP contribution in [-0.4, -0.2) is 9.97 Å². The minimum atomic E-state index is -0.210. The maximum atomic E-state index is 13.5. The molecule has 2 N–H and O–H groups in total. The number of halogens is 2. The van der Waals surface area contributed by atoms with Crippen molar-refractivity contribution >= 4 is 15.9 Å². The van der Waals surface area contributed by atoms with Crippen molar-refractivity contribution in [1.82, 2.24) is 15.3 Å². The Labute approximate surface area is 108 Å². The standard InChI is InChI=1S/C12H13BrFN3/c1-8(12-15-4-5-16-12)17-7-9-2-3-10(13)6-11(9)14/h2-6,8,17H,7H2,1H3,(H,15,16). The van der Waals surface area contributed by atoms with Crippen LogP contribution in [0.2, 0.25) is 0 Å². The highest BCUT2D eigenvalue weighted by molar-refractivity contribution is 9.10. The van der Waals surface area contributed by atoms with Gasteiger partial charge in [0.2, 0.25) is 0 Å². The van der Waals surface area contributed by atoms with Gasteiger partial charge in [-0.3, -0.25) is 0 Å². The fourth-order valence-corrected chi connectivity index (χ4v) is 1.87. The SMILES string of the molecule is CC(NCc1ccc(Br)cc1F)c1ncc[nH]1. The molecule has 0 saturated carbocycles. The summed E-state index contributed by atoms with van der Waals surface area (Å²) in [6.07, 6.45) is 3.47. The third-order valence-corrected chi connectivity index (χ3v) is 3.04. The van der Waals surface area contributed by atoms with E-state index < -0.39 is 0 Å². The van der Waals surface area contributed by atoms with Gasteiger partial charge in [0.1, 0.15) is 11.6 Å². The van der Waals surface area contributed by atoms with Crippen molar-refractivity contribution in [2.24, 2.45) is 0 Å². The van der Waals surface area contributed by atoms with Crippen molar-refractivity contribution in [2.45, 2.75) is 19.5 Å². The molecule has 0 aliphatic heterocycles. The van der Waals surface area contributed by atoms with E-state index in [0.29, 0.717) is 12.1 Å². The van der Waals surface area contributed by atoms with Crippen molar-refractivity contribution in [2.75, 3.05) is 0 Å². The molecule has 0 saturated heterocycles. The lowest BCUT2D eigenvalue weighted by Gasteiger charge is -2.11. The fraction of sp³-hybridized carbons (Fsp3) is 0.250. The second-order valence-corrected chi connectivity index (χ2v) is 4.73. The Balaban J connectivity index is 1.98. The quantitative estimate of drug-likeness (QED) is 0.910. The number of aromatic nitrogens is 2. The van der Waals surface area contributed by atoms with Gasteiger partial charge in [-0.2, -0.15) is 0 Å². The van der Waals surface area contributed by atoms with Gasteiger partial charge in [-0.15, -0.1) is 0 Å². The minimum absolute atomic E-state index is 0.0630. The highest BCUT2D eigenvalue weighted by Crippen LogP contribution is 2.16. The molecule has 17 heavy (non-hydrogen) atoms. The fourth-order valence-electron chi connectivity index (χ4n) is 1.54. The van der Waals surface area contributed by atoms with E-state index in [-0.39, 0.29) is 11.9 Å². The Morgan fingerprint density at radius 3 is 3.00 bits per heavy atom. The lowest BCUT2D eigenvalue weighted by molar-refractivity contribution is 0.528. The molecule has 5 heteroatoms. The molecule has 1 unspecified atom stereocenters. The summed E-state index contributed by atoms with van der Waals surface area (Å²) in [5.74, 6) is 0.640. The number of hydrogen-bond donors (Lipinski definition) is 2. The molecule has 0 aliphatic rings. The molecule has 0 spiro atoms. The van der Waals surface area contributed by atoms with Crippen LogP contribution in [0.4, 0.5) is 4.39 Å². The molecule has 90 valence electrons. The van der Waals surface area contributed by atoms with Gasteiger partial charge in [0.25, 0.3) is 0 Å². The zero-order valence-electron chi connectivity index (χ0n) is 9.37. The van der Waals surface area contributed by atoms with Crippen LogP contribution >= 0.6 is 15.9 Å². The van der Waals surface area contributed by atoms with Crippen LogP contribution < -0.4 is 5.32 Å². The van der Waals surface area contributed by atoms with E-state index in [1.807, 2.05) is 13.0 Å². The Morgan fingerprint density at radius 2 is 2.35 bits per heavy atom. The van der Waals surface area contributed by atoms with Gasteiger partial charge < -0.3 is 10.3 Å². The lowest BCUT2D eigenvalue weighted by atomic mass is 10.2. The number of H-pyrrole nitrogens is 1. The molecule has 0 amide bonds. The van der Waals surface area contributed by atoms with Crippen molar-refractivity contribution < 1.29 is 4.39 Å². The number of benzene rings is 1. The van der Waals surface area contributed by atoms with Crippen LogP contribution in [0, 0.1) is 5.82 Å². The molecule has 0 aliphatic carbocycles. The van der Waals surface area contributed by atoms with Crippen molar-refractivity contribution in [3.05, 3.63) is 52.3 Å². The van der Waals surface area contributed by atoms with Crippen molar-refractivity contribution in [3.8, 4) is 0 Å². The lowest BCUT2D eigenvalue weighted by Crippen LogP contribution is -2.19. The highest BCUT2D eigenvalue weighted by atomic mass is 79.9. The van der Waals surface area contributed by atoms with Gasteiger partial charge in [-0.25, -0.2) is 9.37 Å². The summed E-state index contributed by atoms with van der Waals surface area (Å²) in [5, 5.41) is 3.21. The van der Waals surface area contributed by atoms with Gasteiger partial charge in [0.05, 0.1) is 6.04 Å². The van der Waals surface area contributed by atoms with E-state index in [1.165, 1.54) is 6.07 Å². The number of imidazole rings is 1. The molecule has 1 aromatic heterocycles. The Bertz CT molecular complexity index is 485. The normalized spacial score (nSPS) is 12.6. The number of nitrogens with one attached hydrogen (secondary N) is 2. The van der Waals surface area contributed by atoms with Crippen molar-refractivity contribution in [3.63, 3.8) is 0 Å². The van der Waals surface area contributed by atoms with E-state index in [0.717, 1.165) is 10.3 Å². The van der Waals surface area contributed by atoms with Gasteiger partial charge >= 0.3 is 0 Å². The molecule has 1 aromatic carbocycles. The second kappa shape index (κ2) is 5.42. The first-order valence-electron chi connectivity index (χ1n) is 5.33. The smallest absolute Gasteiger partial charge is 0.128 e. The average Bonchev–Trinajstić information content (AvgIpc) is 2.81. The zero-order valence-corrected chi connectivity index (χ0v) is 11.0. The molecule has 1 atom stereocenters. The van der Waals surface area contributed by atoms with Crippen LogP contribution in [0.25, 0.3) is 0 Å². The molecule has 2 rings (SSSR count). The summed E-state index contributed by atoms with van der Waals surface area (Å²) in [7, 11) is 0. The summed E-state index contributed by atoms with van der Waals surface area (Å²) in [6.45, 7) is 2.45. The minimum Gasteiger partial charge on any atom is -0.347 e. The Kier molecular flexibility index (Phi) is 3.91. The first kappa shape index (κ1) is 12.3. The largest absolute Gasteiger partial charge is 0.347 e. The highest BCUT2D eigenvalue weighted by Gasteiger charge is 2.08. The Morgan fingerprint density at radius 1 is 1.53 bits per heavy atom. The molecule has 2 aromatic rings. The molecule has 1 heterocycles. The van der Waals surface area contributed by atoms with Crippen LogP contribution in [0.1, 0.15) is 24.4 Å². The van der Waals surface area contributed by atoms with E-state index in [9.17, 15) is 4.39 Å². The van der Waals surface area contributed by atoms with Crippen LogP contribution in [0.3, 0.4) is 0 Å². The van der Waals surface area contributed by atoms with E-state index in [1.54, 1.807) is 18.5 Å². The molecule has 0 radical (unpaired) electrons. The summed E-state index contributed by atoms with van der Waals surface area (Å²) in [5.41, 5.74) is 0.645. The first-order valence-corrected chi connectivity index (χ1v) is 6.12. The third kappa shape index (κ3) is 3.14. The van der Waals surface area contributed by atoms with Crippen molar-refractivity contribution in [1.29, 1.82) is 0 Å². The first-order chi connectivity index (χ1) is 8.16. The average molecular weight is 298 g/mol. The van der Waals surface area contributed by atoms with Gasteiger partial charge in [0.15, 0.2) is 0 Å². The van der Waals surface area contributed by atoms with Gasteiger partial charge in [0, 0.05) is 29.0 Å². The summed E-state index contributed by atoms with van der Waals surface area (Å²) >= 11 is 3.23. The predicted octanol–water partition coefficient (Wildman–Crippen LogP) is 3.16. The van der Waals surface area contributed by atoms with Crippen LogP contribution in [0.15, 0.2) is 35.1 Å².